The van der Waals surface area contributed by atoms with Gasteiger partial charge in [-0.3, -0.25) is 4.79 Å². The average Bonchev–Trinajstić information content (AvgIpc) is 2.76. The molecule has 0 spiro atoms. The second-order valence-electron chi connectivity index (χ2n) is 4.69. The van der Waals surface area contributed by atoms with E-state index in [4.69, 9.17) is 4.52 Å². The van der Waals surface area contributed by atoms with Crippen molar-refractivity contribution < 1.29 is 9.32 Å². The van der Waals surface area contributed by atoms with Crippen LogP contribution in [0, 0.1) is 12.8 Å². The van der Waals surface area contributed by atoms with Gasteiger partial charge in [-0.25, -0.2) is 0 Å². The van der Waals surface area contributed by atoms with E-state index in [0.29, 0.717) is 17.2 Å². The summed E-state index contributed by atoms with van der Waals surface area (Å²) in [4.78, 5) is 13.9. The highest BCUT2D eigenvalue weighted by atomic mass is 16.5. The van der Waals surface area contributed by atoms with Gasteiger partial charge in [0.25, 0.3) is 5.91 Å². The largest absolute Gasteiger partial charge is 0.361 e. The van der Waals surface area contributed by atoms with Crippen molar-refractivity contribution in [1.82, 2.24) is 15.4 Å². The molecule has 1 fully saturated rings. The Balaban J connectivity index is 1.93. The first-order valence-corrected chi connectivity index (χ1v) is 6.06. The fraction of sp³-hybridized carbons (Fsp3) is 0.667. The van der Waals surface area contributed by atoms with Crippen LogP contribution in [-0.4, -0.2) is 42.6 Å². The molecule has 2 rings (SSSR count). The zero-order valence-corrected chi connectivity index (χ0v) is 10.4. The molecule has 1 N–H and O–H groups in total. The highest BCUT2D eigenvalue weighted by molar-refractivity contribution is 5.94. The summed E-state index contributed by atoms with van der Waals surface area (Å²) < 4.78 is 4.92. The topological polar surface area (TPSA) is 58.4 Å². The van der Waals surface area contributed by atoms with Crippen molar-refractivity contribution in [3.63, 3.8) is 0 Å². The third-order valence-electron chi connectivity index (χ3n) is 3.26. The van der Waals surface area contributed by atoms with E-state index in [9.17, 15) is 4.79 Å². The molecule has 0 aromatic carbocycles. The maximum atomic E-state index is 12.1. The molecule has 2 heterocycles. The van der Waals surface area contributed by atoms with Crippen molar-refractivity contribution in [1.29, 1.82) is 0 Å². The normalized spacial score (nSPS) is 20.2. The van der Waals surface area contributed by atoms with Crippen molar-refractivity contribution in [3.05, 3.63) is 17.5 Å². The van der Waals surface area contributed by atoms with Crippen LogP contribution >= 0.6 is 0 Å². The van der Waals surface area contributed by atoms with E-state index in [1.165, 1.54) is 19.0 Å². The van der Waals surface area contributed by atoms with Crippen LogP contribution in [0.3, 0.4) is 0 Å². The third kappa shape index (κ3) is 2.85. The SMILES string of the molecule is Cc1oncc1C(=O)N(C)CC1CCCNC1. The molecule has 5 heteroatoms. The van der Waals surface area contributed by atoms with Crippen LogP contribution in [0.2, 0.25) is 0 Å². The summed E-state index contributed by atoms with van der Waals surface area (Å²) in [7, 11) is 1.84. The van der Waals surface area contributed by atoms with Gasteiger partial charge in [0.15, 0.2) is 0 Å². The molecule has 1 aliphatic rings. The molecule has 1 atom stereocenters. The van der Waals surface area contributed by atoms with Crippen LogP contribution in [0.15, 0.2) is 10.7 Å². The Labute approximate surface area is 101 Å². The smallest absolute Gasteiger partial charge is 0.258 e. The van der Waals surface area contributed by atoms with E-state index in [1.54, 1.807) is 11.8 Å². The molecule has 1 aromatic rings. The number of nitrogens with zero attached hydrogens (tertiary/aromatic N) is 2. The van der Waals surface area contributed by atoms with E-state index >= 15 is 0 Å². The lowest BCUT2D eigenvalue weighted by Gasteiger charge is -2.27. The van der Waals surface area contributed by atoms with Crippen molar-refractivity contribution in [2.75, 3.05) is 26.7 Å². The molecule has 1 aliphatic heterocycles. The van der Waals surface area contributed by atoms with E-state index in [2.05, 4.69) is 10.5 Å². The number of carbonyl (C=O) groups is 1. The van der Waals surface area contributed by atoms with E-state index < -0.39 is 0 Å². The number of carbonyl (C=O) groups excluding carboxylic acids is 1. The van der Waals surface area contributed by atoms with Gasteiger partial charge >= 0.3 is 0 Å². The number of aromatic nitrogens is 1. The van der Waals surface area contributed by atoms with Crippen molar-refractivity contribution in [2.24, 2.45) is 5.92 Å². The Kier molecular flexibility index (Phi) is 3.78. The Hall–Kier alpha value is -1.36. The predicted octanol–water partition coefficient (Wildman–Crippen LogP) is 1.05. The van der Waals surface area contributed by atoms with Gasteiger partial charge in [-0.15, -0.1) is 0 Å². The number of amides is 1. The van der Waals surface area contributed by atoms with Crippen LogP contribution in [0.25, 0.3) is 0 Å². The molecular weight excluding hydrogens is 218 g/mol. The quantitative estimate of drug-likeness (QED) is 0.854. The zero-order chi connectivity index (χ0) is 12.3. The molecule has 1 amide bonds. The van der Waals surface area contributed by atoms with Gasteiger partial charge in [0, 0.05) is 13.6 Å². The molecule has 17 heavy (non-hydrogen) atoms. The monoisotopic (exact) mass is 237 g/mol. The number of hydrogen-bond donors (Lipinski definition) is 1. The third-order valence-corrected chi connectivity index (χ3v) is 3.26. The summed E-state index contributed by atoms with van der Waals surface area (Å²) in [6.07, 6.45) is 3.87. The molecule has 1 unspecified atom stereocenters. The molecule has 1 aromatic heterocycles. The fourth-order valence-electron chi connectivity index (χ4n) is 2.26. The molecule has 0 radical (unpaired) electrons. The minimum absolute atomic E-state index is 0.00526. The summed E-state index contributed by atoms with van der Waals surface area (Å²) in [5.41, 5.74) is 0.566. The molecule has 0 saturated carbocycles. The summed E-state index contributed by atoms with van der Waals surface area (Å²) in [6, 6.07) is 0. The van der Waals surface area contributed by atoms with Gasteiger partial charge in [-0.05, 0) is 38.8 Å². The lowest BCUT2D eigenvalue weighted by Crippen LogP contribution is -2.39. The molecule has 0 aliphatic carbocycles. The first-order chi connectivity index (χ1) is 8.18. The van der Waals surface area contributed by atoms with Gasteiger partial charge in [-0.1, -0.05) is 5.16 Å². The van der Waals surface area contributed by atoms with E-state index in [1.807, 2.05) is 7.05 Å². The average molecular weight is 237 g/mol. The Morgan fingerprint density at radius 1 is 1.71 bits per heavy atom. The van der Waals surface area contributed by atoms with Gasteiger partial charge in [-0.2, -0.15) is 0 Å². The molecule has 94 valence electrons. The second-order valence-corrected chi connectivity index (χ2v) is 4.69. The Bertz CT molecular complexity index is 383. The summed E-state index contributed by atoms with van der Waals surface area (Å²) in [5.74, 6) is 1.14. The molecule has 1 saturated heterocycles. The van der Waals surface area contributed by atoms with Crippen LogP contribution in [0.4, 0.5) is 0 Å². The van der Waals surface area contributed by atoms with Crippen LogP contribution in [0.1, 0.15) is 29.0 Å². The number of nitrogens with one attached hydrogen (secondary N) is 1. The highest BCUT2D eigenvalue weighted by Gasteiger charge is 2.21. The summed E-state index contributed by atoms with van der Waals surface area (Å²) >= 11 is 0. The molecule has 0 bridgehead atoms. The highest BCUT2D eigenvalue weighted by Crippen LogP contribution is 2.14. The number of piperidine rings is 1. The minimum Gasteiger partial charge on any atom is -0.361 e. The summed E-state index contributed by atoms with van der Waals surface area (Å²) in [5, 5.41) is 6.99. The summed E-state index contributed by atoms with van der Waals surface area (Å²) in [6.45, 7) is 4.64. The first kappa shape index (κ1) is 12.1. The van der Waals surface area contributed by atoms with Crippen LogP contribution < -0.4 is 5.32 Å². The first-order valence-electron chi connectivity index (χ1n) is 6.06. The standard InChI is InChI=1S/C12H19N3O2/c1-9-11(7-14-17-9)12(16)15(2)8-10-4-3-5-13-6-10/h7,10,13H,3-6,8H2,1-2H3. The van der Waals surface area contributed by atoms with Crippen LogP contribution in [-0.2, 0) is 0 Å². The lowest BCUT2D eigenvalue weighted by molar-refractivity contribution is 0.0763. The Morgan fingerprint density at radius 3 is 3.12 bits per heavy atom. The minimum atomic E-state index is -0.00526. The van der Waals surface area contributed by atoms with Gasteiger partial charge in [0.05, 0.1) is 6.20 Å². The van der Waals surface area contributed by atoms with Crippen molar-refractivity contribution in [2.45, 2.75) is 19.8 Å². The van der Waals surface area contributed by atoms with E-state index in [-0.39, 0.29) is 5.91 Å². The van der Waals surface area contributed by atoms with Gasteiger partial charge in [0.2, 0.25) is 0 Å². The van der Waals surface area contributed by atoms with Crippen molar-refractivity contribution in [3.8, 4) is 0 Å². The molecular formula is C12H19N3O2. The van der Waals surface area contributed by atoms with Gasteiger partial charge in [0.1, 0.15) is 11.3 Å². The van der Waals surface area contributed by atoms with Gasteiger partial charge < -0.3 is 14.7 Å². The zero-order valence-electron chi connectivity index (χ0n) is 10.4. The van der Waals surface area contributed by atoms with Crippen LogP contribution in [0.5, 0.6) is 0 Å². The Morgan fingerprint density at radius 2 is 2.53 bits per heavy atom. The molecule has 5 nitrogen and oxygen atoms in total. The maximum absolute atomic E-state index is 12.1. The maximum Gasteiger partial charge on any atom is 0.258 e. The lowest BCUT2D eigenvalue weighted by atomic mass is 9.99. The fourth-order valence-corrected chi connectivity index (χ4v) is 2.26. The predicted molar refractivity (Wildman–Crippen MR) is 63.8 cm³/mol. The van der Waals surface area contributed by atoms with E-state index in [0.717, 1.165) is 19.6 Å². The number of aryl methyl sites for hydroxylation is 1. The van der Waals surface area contributed by atoms with Crippen molar-refractivity contribution >= 4 is 5.91 Å². The number of hydrogen-bond acceptors (Lipinski definition) is 4. The number of rotatable bonds is 3. The second kappa shape index (κ2) is 5.31.